The molecule has 9 nitrogen and oxygen atoms in total. The third-order valence-corrected chi connectivity index (χ3v) is 1.84. The first-order chi connectivity index (χ1) is 7.95. The molecule has 1 heterocycles. The molecule has 0 fully saturated rings. The second-order valence-electron chi connectivity index (χ2n) is 3.05. The van der Waals surface area contributed by atoms with Gasteiger partial charge in [0.05, 0.1) is 12.0 Å². The van der Waals surface area contributed by atoms with Crippen molar-refractivity contribution < 1.29 is 19.2 Å². The molecule has 1 N–H and O–H groups in total. The van der Waals surface area contributed by atoms with E-state index in [9.17, 15) is 19.7 Å². The smallest absolute Gasteiger partial charge is 0.325 e. The van der Waals surface area contributed by atoms with Gasteiger partial charge in [0.2, 0.25) is 5.69 Å². The van der Waals surface area contributed by atoms with Crippen LogP contribution in [0.5, 0.6) is 0 Å². The highest BCUT2D eigenvalue weighted by molar-refractivity contribution is 5.97. The lowest BCUT2D eigenvalue weighted by Gasteiger charge is -2.00. The van der Waals surface area contributed by atoms with Crippen molar-refractivity contribution in [3.63, 3.8) is 0 Å². The van der Waals surface area contributed by atoms with Crippen molar-refractivity contribution in [3.8, 4) is 0 Å². The Morgan fingerprint density at radius 1 is 1.65 bits per heavy atom. The molecular weight excluding hydrogens is 232 g/mol. The summed E-state index contributed by atoms with van der Waals surface area (Å²) >= 11 is 0. The fourth-order valence-corrected chi connectivity index (χ4v) is 1.08. The van der Waals surface area contributed by atoms with Crippen LogP contribution < -0.4 is 5.32 Å². The van der Waals surface area contributed by atoms with E-state index in [1.54, 1.807) is 0 Å². The zero-order valence-corrected chi connectivity index (χ0v) is 9.17. The van der Waals surface area contributed by atoms with Crippen LogP contribution in [-0.4, -0.2) is 40.2 Å². The third kappa shape index (κ3) is 3.00. The minimum absolute atomic E-state index is 0.346. The van der Waals surface area contributed by atoms with Crippen LogP contribution in [-0.2, 0) is 16.6 Å². The van der Waals surface area contributed by atoms with Crippen LogP contribution in [0, 0.1) is 10.1 Å². The Balaban J connectivity index is 2.81. The maximum Gasteiger partial charge on any atom is 0.325 e. The zero-order chi connectivity index (χ0) is 13.0. The number of hydrogen-bond donors (Lipinski definition) is 1. The predicted octanol–water partition coefficient (Wildman–Crippen LogP) is -0.769. The molecule has 9 heteroatoms. The van der Waals surface area contributed by atoms with Crippen molar-refractivity contribution >= 4 is 17.6 Å². The maximum absolute atomic E-state index is 11.5. The molecule has 0 aromatic carbocycles. The molecule has 0 aliphatic rings. The Hall–Kier alpha value is -2.45. The van der Waals surface area contributed by atoms with Crippen LogP contribution in [0.3, 0.4) is 0 Å². The first-order valence-corrected chi connectivity index (χ1v) is 4.48. The summed E-state index contributed by atoms with van der Waals surface area (Å²) < 4.78 is 5.45. The maximum atomic E-state index is 11.5. The van der Waals surface area contributed by atoms with Gasteiger partial charge in [-0.1, -0.05) is 0 Å². The van der Waals surface area contributed by atoms with Gasteiger partial charge in [0.25, 0.3) is 5.91 Å². The molecule has 17 heavy (non-hydrogen) atoms. The van der Waals surface area contributed by atoms with Crippen LogP contribution in [0.25, 0.3) is 0 Å². The van der Waals surface area contributed by atoms with Gasteiger partial charge in [-0.2, -0.15) is 5.10 Å². The van der Waals surface area contributed by atoms with Gasteiger partial charge >= 0.3 is 11.7 Å². The number of aryl methyl sites for hydroxylation is 1. The number of amides is 1. The number of carbonyl (C=O) groups is 2. The molecule has 0 atom stereocenters. The van der Waals surface area contributed by atoms with E-state index in [2.05, 4.69) is 15.2 Å². The minimum Gasteiger partial charge on any atom is -0.468 e. The number of nitro groups is 1. The highest BCUT2D eigenvalue weighted by Crippen LogP contribution is 2.15. The molecule has 0 radical (unpaired) electrons. The van der Waals surface area contributed by atoms with Crippen molar-refractivity contribution in [1.29, 1.82) is 0 Å². The van der Waals surface area contributed by atoms with Gasteiger partial charge in [-0.15, -0.1) is 0 Å². The molecule has 0 spiro atoms. The van der Waals surface area contributed by atoms with Gasteiger partial charge in [0.1, 0.15) is 12.7 Å². The second-order valence-corrected chi connectivity index (χ2v) is 3.05. The first kappa shape index (κ1) is 12.6. The van der Waals surface area contributed by atoms with Crippen molar-refractivity contribution in [2.45, 2.75) is 0 Å². The van der Waals surface area contributed by atoms with Crippen molar-refractivity contribution in [2.75, 3.05) is 13.7 Å². The average molecular weight is 242 g/mol. The fourth-order valence-electron chi connectivity index (χ4n) is 1.08. The summed E-state index contributed by atoms with van der Waals surface area (Å²) in [4.78, 5) is 32.2. The molecule has 1 amide bonds. The van der Waals surface area contributed by atoms with Gasteiger partial charge in [-0.05, 0) is 0 Å². The van der Waals surface area contributed by atoms with E-state index in [-0.39, 0.29) is 12.2 Å². The number of hydrogen-bond acceptors (Lipinski definition) is 6. The lowest BCUT2D eigenvalue weighted by molar-refractivity contribution is -0.385. The van der Waals surface area contributed by atoms with Crippen molar-refractivity contribution in [3.05, 3.63) is 22.0 Å². The highest BCUT2D eigenvalue weighted by atomic mass is 16.6. The number of nitrogens with one attached hydrogen (secondary N) is 1. The van der Waals surface area contributed by atoms with E-state index in [0.717, 1.165) is 18.0 Å². The molecule has 0 unspecified atom stereocenters. The van der Waals surface area contributed by atoms with Gasteiger partial charge in [0.15, 0.2) is 0 Å². The summed E-state index contributed by atoms with van der Waals surface area (Å²) in [6, 6.07) is 0. The monoisotopic (exact) mass is 242 g/mol. The molecule has 1 aromatic heterocycles. The van der Waals surface area contributed by atoms with Crippen LogP contribution in [0.15, 0.2) is 6.20 Å². The summed E-state index contributed by atoms with van der Waals surface area (Å²) in [5.74, 6) is -1.46. The number of nitrogens with zero attached hydrogens (tertiary/aromatic N) is 3. The fraction of sp³-hybridized carbons (Fsp3) is 0.375. The van der Waals surface area contributed by atoms with Crippen molar-refractivity contribution in [1.82, 2.24) is 15.1 Å². The number of rotatable bonds is 4. The molecule has 92 valence electrons. The van der Waals surface area contributed by atoms with Gasteiger partial charge in [-0.3, -0.25) is 24.4 Å². The lowest BCUT2D eigenvalue weighted by Crippen LogP contribution is -2.30. The largest absolute Gasteiger partial charge is 0.468 e. The van der Waals surface area contributed by atoms with E-state index < -0.39 is 22.5 Å². The SMILES string of the molecule is COC(=O)CNC(=O)c1nn(C)cc1[N+](=O)[O-]. The van der Waals surface area contributed by atoms with Crippen LogP contribution in [0.2, 0.25) is 0 Å². The summed E-state index contributed by atoms with van der Waals surface area (Å²) in [7, 11) is 2.61. The quantitative estimate of drug-likeness (QED) is 0.421. The zero-order valence-electron chi connectivity index (χ0n) is 9.17. The Morgan fingerprint density at radius 3 is 2.82 bits per heavy atom. The predicted molar refractivity (Wildman–Crippen MR) is 54.2 cm³/mol. The first-order valence-electron chi connectivity index (χ1n) is 4.48. The molecule has 0 aliphatic heterocycles. The number of ether oxygens (including phenoxy) is 1. The van der Waals surface area contributed by atoms with Crippen LogP contribution in [0.4, 0.5) is 5.69 Å². The average Bonchev–Trinajstić information content (AvgIpc) is 2.67. The van der Waals surface area contributed by atoms with E-state index in [0.29, 0.717) is 0 Å². The van der Waals surface area contributed by atoms with Gasteiger partial charge in [-0.25, -0.2) is 0 Å². The van der Waals surface area contributed by atoms with E-state index in [1.807, 2.05) is 0 Å². The lowest BCUT2D eigenvalue weighted by atomic mass is 10.3. The Labute approximate surface area is 95.5 Å². The third-order valence-electron chi connectivity index (χ3n) is 1.84. The Bertz CT molecular complexity index is 466. The molecule has 0 bridgehead atoms. The molecule has 0 aliphatic carbocycles. The standard InChI is InChI=1S/C8H10N4O5/c1-11-4-5(12(15)16)7(10-11)8(14)9-3-6(13)17-2/h4H,3H2,1-2H3,(H,9,14). The number of carbonyl (C=O) groups excluding carboxylic acids is 2. The highest BCUT2D eigenvalue weighted by Gasteiger charge is 2.24. The molecule has 1 aromatic rings. The Kier molecular flexibility index (Phi) is 3.75. The normalized spacial score (nSPS) is 9.76. The minimum atomic E-state index is -0.803. The summed E-state index contributed by atoms with van der Waals surface area (Å²) in [5.41, 5.74) is -0.767. The van der Waals surface area contributed by atoms with Gasteiger partial charge < -0.3 is 10.1 Å². The summed E-state index contributed by atoms with van der Waals surface area (Å²) in [6.45, 7) is -0.372. The van der Waals surface area contributed by atoms with Gasteiger partial charge in [0, 0.05) is 7.05 Å². The summed E-state index contributed by atoms with van der Waals surface area (Å²) in [5, 5.41) is 16.4. The van der Waals surface area contributed by atoms with E-state index in [4.69, 9.17) is 0 Å². The van der Waals surface area contributed by atoms with E-state index >= 15 is 0 Å². The number of aromatic nitrogens is 2. The molecule has 1 rings (SSSR count). The molecule has 0 saturated carbocycles. The number of esters is 1. The second kappa shape index (κ2) is 5.05. The topological polar surface area (TPSA) is 116 Å². The molecule has 0 saturated heterocycles. The summed E-state index contributed by atoms with van der Waals surface area (Å²) in [6.07, 6.45) is 1.10. The molecular formula is C8H10N4O5. The van der Waals surface area contributed by atoms with Crippen LogP contribution in [0.1, 0.15) is 10.5 Å². The number of methoxy groups -OCH3 is 1. The van der Waals surface area contributed by atoms with Crippen molar-refractivity contribution in [2.24, 2.45) is 7.05 Å². The Morgan fingerprint density at radius 2 is 2.29 bits per heavy atom. The van der Waals surface area contributed by atoms with E-state index in [1.165, 1.54) is 7.05 Å². The van der Waals surface area contributed by atoms with Crippen LogP contribution >= 0.6 is 0 Å².